The normalized spacial score (nSPS) is 22.9. The van der Waals surface area contributed by atoms with E-state index in [1.54, 1.807) is 24.7 Å². The molecule has 138 valence electrons. The second kappa shape index (κ2) is 8.42. The Kier molecular flexibility index (Phi) is 6.01. The zero-order valence-electron chi connectivity index (χ0n) is 14.8. The first-order valence-corrected chi connectivity index (χ1v) is 9.09. The molecule has 1 unspecified atom stereocenters. The molecule has 0 aliphatic carbocycles. The van der Waals surface area contributed by atoms with Crippen LogP contribution in [-0.4, -0.2) is 75.8 Å². The Labute approximate surface area is 148 Å². The molecule has 3 rings (SSSR count). The van der Waals surface area contributed by atoms with Gasteiger partial charge in [0.15, 0.2) is 0 Å². The van der Waals surface area contributed by atoms with Crippen LogP contribution in [0.2, 0.25) is 0 Å². The van der Waals surface area contributed by atoms with Gasteiger partial charge in [-0.25, -0.2) is 4.98 Å². The molecule has 8 heteroatoms. The number of nitrogens with zero attached hydrogens (tertiary/aromatic N) is 5. The van der Waals surface area contributed by atoms with Gasteiger partial charge in [0, 0.05) is 33.3 Å². The molecule has 1 aromatic heterocycles. The quantitative estimate of drug-likeness (QED) is 0.775. The SMILES string of the molecule is COC1CCCCN(CC(=O)N2CCC(Cn3cncn3)CC2)C1=O. The van der Waals surface area contributed by atoms with Gasteiger partial charge in [-0.05, 0) is 38.0 Å². The summed E-state index contributed by atoms with van der Waals surface area (Å²) in [6, 6.07) is 0. The van der Waals surface area contributed by atoms with Crippen molar-refractivity contribution < 1.29 is 14.3 Å². The molecule has 25 heavy (non-hydrogen) atoms. The maximum Gasteiger partial charge on any atom is 0.252 e. The van der Waals surface area contributed by atoms with Gasteiger partial charge < -0.3 is 14.5 Å². The van der Waals surface area contributed by atoms with Gasteiger partial charge in [-0.15, -0.1) is 0 Å². The molecule has 0 aromatic carbocycles. The molecule has 2 amide bonds. The zero-order valence-corrected chi connectivity index (χ0v) is 14.8. The van der Waals surface area contributed by atoms with E-state index in [0.29, 0.717) is 12.5 Å². The summed E-state index contributed by atoms with van der Waals surface area (Å²) in [5, 5.41) is 4.14. The zero-order chi connectivity index (χ0) is 17.6. The van der Waals surface area contributed by atoms with Crippen molar-refractivity contribution in [2.24, 2.45) is 5.92 Å². The number of carbonyl (C=O) groups excluding carboxylic acids is 2. The van der Waals surface area contributed by atoms with E-state index in [2.05, 4.69) is 10.1 Å². The van der Waals surface area contributed by atoms with Crippen LogP contribution < -0.4 is 0 Å². The van der Waals surface area contributed by atoms with E-state index in [-0.39, 0.29) is 18.4 Å². The minimum atomic E-state index is -0.399. The fourth-order valence-electron chi connectivity index (χ4n) is 3.67. The molecule has 3 heterocycles. The highest BCUT2D eigenvalue weighted by molar-refractivity contribution is 5.87. The van der Waals surface area contributed by atoms with Crippen LogP contribution in [0.3, 0.4) is 0 Å². The summed E-state index contributed by atoms with van der Waals surface area (Å²) >= 11 is 0. The number of piperidine rings is 1. The monoisotopic (exact) mass is 349 g/mol. The Morgan fingerprint density at radius 1 is 1.24 bits per heavy atom. The standard InChI is InChI=1S/C17H27N5O3/c1-25-15-4-2-3-7-21(17(15)24)11-16(23)20-8-5-14(6-9-20)10-22-13-18-12-19-22/h12-15H,2-11H2,1H3. The summed E-state index contributed by atoms with van der Waals surface area (Å²) in [6.07, 6.45) is 7.43. The van der Waals surface area contributed by atoms with Crippen LogP contribution in [0.25, 0.3) is 0 Å². The van der Waals surface area contributed by atoms with E-state index in [0.717, 1.165) is 51.7 Å². The van der Waals surface area contributed by atoms with Crippen molar-refractivity contribution in [1.29, 1.82) is 0 Å². The lowest BCUT2D eigenvalue weighted by Crippen LogP contribution is -2.48. The van der Waals surface area contributed by atoms with E-state index in [1.807, 2.05) is 9.58 Å². The summed E-state index contributed by atoms with van der Waals surface area (Å²) in [5.41, 5.74) is 0. The number of methoxy groups -OCH3 is 1. The van der Waals surface area contributed by atoms with Crippen LogP contribution in [0.5, 0.6) is 0 Å². The van der Waals surface area contributed by atoms with Crippen LogP contribution in [0.15, 0.2) is 12.7 Å². The smallest absolute Gasteiger partial charge is 0.252 e. The largest absolute Gasteiger partial charge is 0.372 e. The molecule has 2 aliphatic heterocycles. The molecule has 0 N–H and O–H groups in total. The predicted octanol–water partition coefficient (Wildman–Crippen LogP) is 0.544. The summed E-state index contributed by atoms with van der Waals surface area (Å²) < 4.78 is 7.13. The first-order valence-electron chi connectivity index (χ1n) is 9.09. The Morgan fingerprint density at radius 3 is 2.72 bits per heavy atom. The van der Waals surface area contributed by atoms with Crippen LogP contribution in [0.4, 0.5) is 0 Å². The second-order valence-electron chi connectivity index (χ2n) is 6.92. The number of likely N-dealkylation sites (tertiary alicyclic amines) is 2. The molecule has 0 radical (unpaired) electrons. The Bertz CT molecular complexity index is 569. The maximum atomic E-state index is 12.6. The van der Waals surface area contributed by atoms with Crippen LogP contribution in [0.1, 0.15) is 32.1 Å². The summed E-state index contributed by atoms with van der Waals surface area (Å²) in [4.78, 5) is 32.6. The third-order valence-corrected chi connectivity index (χ3v) is 5.22. The van der Waals surface area contributed by atoms with E-state index in [4.69, 9.17) is 4.74 Å². The average Bonchev–Trinajstić information content (AvgIpc) is 3.07. The van der Waals surface area contributed by atoms with Crippen molar-refractivity contribution in [3.05, 3.63) is 12.7 Å². The predicted molar refractivity (Wildman–Crippen MR) is 90.6 cm³/mol. The highest BCUT2D eigenvalue weighted by Gasteiger charge is 2.30. The van der Waals surface area contributed by atoms with E-state index in [9.17, 15) is 9.59 Å². The topological polar surface area (TPSA) is 80.6 Å². The van der Waals surface area contributed by atoms with Crippen molar-refractivity contribution in [1.82, 2.24) is 24.6 Å². The van der Waals surface area contributed by atoms with E-state index in [1.165, 1.54) is 0 Å². The lowest BCUT2D eigenvalue weighted by molar-refractivity contribution is -0.147. The van der Waals surface area contributed by atoms with Crippen molar-refractivity contribution >= 4 is 11.8 Å². The highest BCUT2D eigenvalue weighted by atomic mass is 16.5. The lowest BCUT2D eigenvalue weighted by Gasteiger charge is -2.33. The molecule has 0 spiro atoms. The average molecular weight is 349 g/mol. The lowest BCUT2D eigenvalue weighted by atomic mass is 9.97. The number of aromatic nitrogens is 3. The Hall–Kier alpha value is -1.96. The number of amides is 2. The summed E-state index contributed by atoms with van der Waals surface area (Å²) in [5.74, 6) is 0.516. The molecule has 1 atom stereocenters. The Balaban J connectivity index is 1.48. The van der Waals surface area contributed by atoms with Gasteiger partial charge in [-0.1, -0.05) is 0 Å². The minimum Gasteiger partial charge on any atom is -0.372 e. The third-order valence-electron chi connectivity index (χ3n) is 5.22. The van der Waals surface area contributed by atoms with Gasteiger partial charge in [0.2, 0.25) is 5.91 Å². The van der Waals surface area contributed by atoms with E-state index >= 15 is 0 Å². The number of hydrogen-bond acceptors (Lipinski definition) is 5. The van der Waals surface area contributed by atoms with Crippen molar-refractivity contribution in [3.63, 3.8) is 0 Å². The van der Waals surface area contributed by atoms with Gasteiger partial charge in [0.25, 0.3) is 5.91 Å². The fourth-order valence-corrected chi connectivity index (χ4v) is 3.67. The number of ether oxygens (including phenoxy) is 1. The van der Waals surface area contributed by atoms with Crippen LogP contribution >= 0.6 is 0 Å². The maximum absolute atomic E-state index is 12.6. The molecule has 2 aliphatic rings. The molecular formula is C17H27N5O3. The van der Waals surface area contributed by atoms with Crippen molar-refractivity contribution in [3.8, 4) is 0 Å². The number of carbonyl (C=O) groups is 2. The van der Waals surface area contributed by atoms with Gasteiger partial charge >= 0.3 is 0 Å². The molecule has 8 nitrogen and oxygen atoms in total. The van der Waals surface area contributed by atoms with Crippen LogP contribution in [-0.2, 0) is 20.9 Å². The van der Waals surface area contributed by atoms with Gasteiger partial charge in [-0.2, -0.15) is 5.10 Å². The molecule has 2 fully saturated rings. The molecule has 0 bridgehead atoms. The van der Waals surface area contributed by atoms with Gasteiger partial charge in [-0.3, -0.25) is 14.3 Å². The molecule has 2 saturated heterocycles. The second-order valence-corrected chi connectivity index (χ2v) is 6.92. The van der Waals surface area contributed by atoms with Crippen LogP contribution in [0, 0.1) is 5.92 Å². The van der Waals surface area contributed by atoms with E-state index < -0.39 is 6.10 Å². The molecule has 0 saturated carbocycles. The molecular weight excluding hydrogens is 322 g/mol. The third kappa shape index (κ3) is 4.56. The van der Waals surface area contributed by atoms with Gasteiger partial charge in [0.05, 0.1) is 6.54 Å². The van der Waals surface area contributed by atoms with Gasteiger partial charge in [0.1, 0.15) is 18.8 Å². The Morgan fingerprint density at radius 2 is 2.04 bits per heavy atom. The number of rotatable bonds is 5. The summed E-state index contributed by atoms with van der Waals surface area (Å²) in [6.45, 7) is 3.16. The highest BCUT2D eigenvalue weighted by Crippen LogP contribution is 2.20. The first-order chi connectivity index (χ1) is 12.2. The minimum absolute atomic E-state index is 0.0457. The first kappa shape index (κ1) is 17.8. The molecule has 1 aromatic rings. The summed E-state index contributed by atoms with van der Waals surface area (Å²) in [7, 11) is 1.56. The van der Waals surface area contributed by atoms with Crippen molar-refractivity contribution in [2.45, 2.75) is 44.8 Å². The number of hydrogen-bond donors (Lipinski definition) is 0. The van der Waals surface area contributed by atoms with Crippen molar-refractivity contribution in [2.75, 3.05) is 33.3 Å². The fraction of sp³-hybridized carbons (Fsp3) is 0.765.